The highest BCUT2D eigenvalue weighted by Crippen LogP contribution is 2.21. The number of amides is 1. The van der Waals surface area contributed by atoms with E-state index in [0.29, 0.717) is 39.5 Å². The molecule has 2 heterocycles. The van der Waals surface area contributed by atoms with Gasteiger partial charge in [-0.25, -0.2) is 4.98 Å². The second kappa shape index (κ2) is 11.3. The molecule has 0 saturated carbocycles. The first kappa shape index (κ1) is 25.2. The molecule has 0 fully saturated rings. The number of aryl methyl sites for hydroxylation is 1. The van der Waals surface area contributed by atoms with Crippen LogP contribution in [0.1, 0.15) is 37.6 Å². The Balaban J connectivity index is 1.46. The van der Waals surface area contributed by atoms with E-state index in [-0.39, 0.29) is 29.5 Å². The second-order valence-corrected chi connectivity index (χ2v) is 9.79. The van der Waals surface area contributed by atoms with Gasteiger partial charge in [0.15, 0.2) is 10.9 Å². The molecule has 0 radical (unpaired) electrons. The fourth-order valence-electron chi connectivity index (χ4n) is 3.99. The minimum atomic E-state index is -0.303. The summed E-state index contributed by atoms with van der Waals surface area (Å²) in [7, 11) is 0. The summed E-state index contributed by atoms with van der Waals surface area (Å²) in [4.78, 5) is 43.9. The van der Waals surface area contributed by atoms with Crippen LogP contribution in [-0.2, 0) is 13.1 Å². The number of ketones is 1. The van der Waals surface area contributed by atoms with E-state index in [0.717, 1.165) is 11.1 Å². The van der Waals surface area contributed by atoms with E-state index >= 15 is 0 Å². The number of Topliss-reactive ketones (excluding diaryl/α,β-unsaturated/α-hetero) is 1. The van der Waals surface area contributed by atoms with Crippen molar-refractivity contribution >= 4 is 34.4 Å². The van der Waals surface area contributed by atoms with Gasteiger partial charge in [-0.15, -0.1) is 0 Å². The standard InChI is InChI=1S/C30H25N3O4S/c1-20-9-11-22(12-10-20)27(34)19-38-30-32-26-16-23(28(35)31-17-24-8-5-15-37-24)13-14-25(26)29(36)33(30)18-21-6-3-2-4-7-21/h2-16H,17-19H2,1H3,(H,31,35). The summed E-state index contributed by atoms with van der Waals surface area (Å²) in [5.41, 5.74) is 3.17. The summed E-state index contributed by atoms with van der Waals surface area (Å²) >= 11 is 1.21. The summed E-state index contributed by atoms with van der Waals surface area (Å²) in [5.74, 6) is 0.404. The summed E-state index contributed by atoms with van der Waals surface area (Å²) in [6.45, 7) is 2.53. The highest BCUT2D eigenvalue weighted by atomic mass is 32.2. The lowest BCUT2D eigenvalue weighted by Crippen LogP contribution is -2.25. The Morgan fingerprint density at radius 2 is 1.71 bits per heavy atom. The Hall–Kier alpha value is -4.43. The largest absolute Gasteiger partial charge is 0.467 e. The lowest BCUT2D eigenvalue weighted by atomic mass is 10.1. The van der Waals surface area contributed by atoms with Crippen LogP contribution in [0.5, 0.6) is 0 Å². The highest BCUT2D eigenvalue weighted by Gasteiger charge is 2.16. The molecule has 0 saturated heterocycles. The topological polar surface area (TPSA) is 94.2 Å². The van der Waals surface area contributed by atoms with E-state index in [1.54, 1.807) is 53.3 Å². The van der Waals surface area contributed by atoms with Crippen molar-refractivity contribution in [2.45, 2.75) is 25.2 Å². The maximum atomic E-state index is 13.6. The van der Waals surface area contributed by atoms with Crippen LogP contribution < -0.4 is 10.9 Å². The average molecular weight is 524 g/mol. The zero-order valence-electron chi connectivity index (χ0n) is 20.7. The molecular formula is C30H25N3O4S. The molecule has 38 heavy (non-hydrogen) atoms. The maximum absolute atomic E-state index is 13.6. The van der Waals surface area contributed by atoms with Gasteiger partial charge in [0.25, 0.3) is 11.5 Å². The molecule has 0 unspecified atom stereocenters. The Labute approximate surface area is 223 Å². The van der Waals surface area contributed by atoms with Gasteiger partial charge < -0.3 is 9.73 Å². The first-order valence-electron chi connectivity index (χ1n) is 12.1. The smallest absolute Gasteiger partial charge is 0.262 e. The predicted molar refractivity (Wildman–Crippen MR) is 148 cm³/mol. The van der Waals surface area contributed by atoms with Gasteiger partial charge in [0.2, 0.25) is 0 Å². The first-order valence-corrected chi connectivity index (χ1v) is 13.1. The Bertz CT molecular complexity index is 1640. The predicted octanol–water partition coefficient (Wildman–Crippen LogP) is 5.25. The number of furan rings is 1. The molecule has 5 rings (SSSR count). The zero-order chi connectivity index (χ0) is 26.5. The fraction of sp³-hybridized carbons (Fsp3) is 0.133. The van der Waals surface area contributed by atoms with E-state index in [4.69, 9.17) is 9.40 Å². The lowest BCUT2D eigenvalue weighted by molar-refractivity contribution is 0.0947. The van der Waals surface area contributed by atoms with Crippen LogP contribution in [0.2, 0.25) is 0 Å². The third-order valence-corrected chi connectivity index (χ3v) is 7.05. The number of hydrogen-bond donors (Lipinski definition) is 1. The van der Waals surface area contributed by atoms with Crippen LogP contribution in [0.3, 0.4) is 0 Å². The number of benzene rings is 3. The van der Waals surface area contributed by atoms with Crippen LogP contribution in [0.25, 0.3) is 10.9 Å². The van der Waals surface area contributed by atoms with Crippen molar-refractivity contribution in [1.82, 2.24) is 14.9 Å². The highest BCUT2D eigenvalue weighted by molar-refractivity contribution is 7.99. The molecule has 0 aliphatic rings. The number of rotatable bonds is 9. The molecule has 1 amide bonds. The Morgan fingerprint density at radius 3 is 2.45 bits per heavy atom. The van der Waals surface area contributed by atoms with Gasteiger partial charge in [-0.3, -0.25) is 19.0 Å². The van der Waals surface area contributed by atoms with Crippen LogP contribution in [0.4, 0.5) is 0 Å². The van der Waals surface area contributed by atoms with Crippen molar-refractivity contribution in [3.63, 3.8) is 0 Å². The average Bonchev–Trinajstić information content (AvgIpc) is 3.46. The van der Waals surface area contributed by atoms with Crippen molar-refractivity contribution in [2.75, 3.05) is 5.75 Å². The minimum Gasteiger partial charge on any atom is -0.467 e. The molecular weight excluding hydrogens is 498 g/mol. The number of nitrogens with one attached hydrogen (secondary N) is 1. The van der Waals surface area contributed by atoms with Crippen molar-refractivity contribution in [3.8, 4) is 0 Å². The summed E-state index contributed by atoms with van der Waals surface area (Å²) < 4.78 is 6.85. The quantitative estimate of drug-likeness (QED) is 0.161. The zero-order valence-corrected chi connectivity index (χ0v) is 21.5. The molecule has 0 spiro atoms. The number of thioether (sulfide) groups is 1. The van der Waals surface area contributed by atoms with E-state index in [1.807, 2.05) is 49.4 Å². The van der Waals surface area contributed by atoms with Gasteiger partial charge >= 0.3 is 0 Å². The van der Waals surface area contributed by atoms with Crippen LogP contribution >= 0.6 is 11.8 Å². The normalized spacial score (nSPS) is 11.0. The SMILES string of the molecule is Cc1ccc(C(=O)CSc2nc3cc(C(=O)NCc4ccco4)ccc3c(=O)n2Cc2ccccc2)cc1. The van der Waals surface area contributed by atoms with Gasteiger partial charge in [0.05, 0.1) is 36.0 Å². The van der Waals surface area contributed by atoms with Gasteiger partial charge in [-0.1, -0.05) is 71.9 Å². The molecule has 0 aliphatic heterocycles. The molecule has 5 aromatic rings. The number of hydrogen-bond acceptors (Lipinski definition) is 6. The third-order valence-electron chi connectivity index (χ3n) is 6.08. The minimum absolute atomic E-state index is 0.0540. The molecule has 7 nitrogen and oxygen atoms in total. The number of carbonyl (C=O) groups is 2. The maximum Gasteiger partial charge on any atom is 0.262 e. The van der Waals surface area contributed by atoms with Crippen molar-refractivity contribution in [3.05, 3.63) is 130 Å². The summed E-state index contributed by atoms with van der Waals surface area (Å²) in [5, 5.41) is 3.63. The Kier molecular flexibility index (Phi) is 7.51. The molecule has 3 aromatic carbocycles. The fourth-order valence-corrected chi connectivity index (χ4v) is 4.89. The second-order valence-electron chi connectivity index (χ2n) is 8.84. The molecule has 0 bridgehead atoms. The molecule has 0 aliphatic carbocycles. The number of carbonyl (C=O) groups excluding carboxylic acids is 2. The molecule has 0 atom stereocenters. The molecule has 2 aromatic heterocycles. The van der Waals surface area contributed by atoms with Crippen molar-refractivity contribution in [1.29, 1.82) is 0 Å². The lowest BCUT2D eigenvalue weighted by Gasteiger charge is -2.14. The van der Waals surface area contributed by atoms with E-state index in [1.165, 1.54) is 11.8 Å². The van der Waals surface area contributed by atoms with E-state index in [2.05, 4.69) is 5.32 Å². The van der Waals surface area contributed by atoms with Crippen molar-refractivity contribution in [2.24, 2.45) is 0 Å². The van der Waals surface area contributed by atoms with E-state index in [9.17, 15) is 14.4 Å². The van der Waals surface area contributed by atoms with Gasteiger partial charge in [-0.05, 0) is 42.8 Å². The van der Waals surface area contributed by atoms with Crippen LogP contribution in [-0.4, -0.2) is 27.0 Å². The van der Waals surface area contributed by atoms with E-state index < -0.39 is 0 Å². The van der Waals surface area contributed by atoms with Gasteiger partial charge in [0, 0.05) is 11.1 Å². The monoisotopic (exact) mass is 523 g/mol. The Morgan fingerprint density at radius 1 is 0.947 bits per heavy atom. The van der Waals surface area contributed by atoms with Crippen LogP contribution in [0, 0.1) is 6.92 Å². The van der Waals surface area contributed by atoms with Crippen LogP contribution in [0.15, 0.2) is 106 Å². The van der Waals surface area contributed by atoms with Gasteiger partial charge in [0.1, 0.15) is 5.76 Å². The molecule has 1 N–H and O–H groups in total. The number of nitrogens with zero attached hydrogens (tertiary/aromatic N) is 2. The molecule has 8 heteroatoms. The first-order chi connectivity index (χ1) is 18.5. The third kappa shape index (κ3) is 5.76. The number of fused-ring (bicyclic) bond motifs is 1. The van der Waals surface area contributed by atoms with Crippen molar-refractivity contribution < 1.29 is 14.0 Å². The number of aromatic nitrogens is 2. The summed E-state index contributed by atoms with van der Waals surface area (Å²) in [6, 6.07) is 25.4. The van der Waals surface area contributed by atoms with Gasteiger partial charge in [-0.2, -0.15) is 0 Å². The molecule has 190 valence electrons. The summed E-state index contributed by atoms with van der Waals surface area (Å²) in [6.07, 6.45) is 1.55.